The zero-order valence-electron chi connectivity index (χ0n) is 8.33. The molecular weight excluding hydrogens is 232 g/mol. The van der Waals surface area contributed by atoms with E-state index >= 15 is 0 Å². The highest BCUT2D eigenvalue weighted by atomic mass is 35.5. The van der Waals surface area contributed by atoms with Crippen LogP contribution in [0.1, 0.15) is 18.5 Å². The van der Waals surface area contributed by atoms with Crippen LogP contribution in [-0.2, 0) is 6.42 Å². The molecule has 82 valence electrons. The van der Waals surface area contributed by atoms with Crippen molar-refractivity contribution in [2.45, 2.75) is 19.3 Å². The van der Waals surface area contributed by atoms with Crippen molar-refractivity contribution < 1.29 is 0 Å². The summed E-state index contributed by atoms with van der Waals surface area (Å²) in [5.41, 5.74) is 0.594. The summed E-state index contributed by atoms with van der Waals surface area (Å²) in [6.07, 6.45) is 3.41. The van der Waals surface area contributed by atoms with Crippen LogP contribution in [0.25, 0.3) is 0 Å². The molecule has 1 N–H and O–H groups in total. The summed E-state index contributed by atoms with van der Waals surface area (Å²) in [5.74, 6) is 3.17. The van der Waals surface area contributed by atoms with Gasteiger partial charge in [0.1, 0.15) is 5.02 Å². The van der Waals surface area contributed by atoms with Crippen LogP contribution in [0, 0.1) is 5.92 Å². The van der Waals surface area contributed by atoms with Gasteiger partial charge < -0.3 is 0 Å². The van der Waals surface area contributed by atoms with Gasteiger partial charge in [0, 0.05) is 0 Å². The third-order valence-corrected chi connectivity index (χ3v) is 3.98. The van der Waals surface area contributed by atoms with E-state index in [1.807, 2.05) is 11.8 Å². The van der Waals surface area contributed by atoms with E-state index in [4.69, 9.17) is 11.6 Å². The first-order valence-corrected chi connectivity index (χ1v) is 6.61. The third kappa shape index (κ3) is 2.98. The van der Waals surface area contributed by atoms with Crippen LogP contribution in [0.5, 0.6) is 0 Å². The summed E-state index contributed by atoms with van der Waals surface area (Å²) < 4.78 is 0. The minimum absolute atomic E-state index is 0.241. The molecule has 5 heteroatoms. The Morgan fingerprint density at radius 1 is 1.53 bits per heavy atom. The van der Waals surface area contributed by atoms with E-state index in [2.05, 4.69) is 10.2 Å². The van der Waals surface area contributed by atoms with Gasteiger partial charge in [0.2, 0.25) is 0 Å². The van der Waals surface area contributed by atoms with Crippen molar-refractivity contribution in [1.82, 2.24) is 10.2 Å². The van der Waals surface area contributed by atoms with Crippen LogP contribution >= 0.6 is 23.4 Å². The van der Waals surface area contributed by atoms with Crippen LogP contribution in [0.4, 0.5) is 0 Å². The Morgan fingerprint density at radius 3 is 2.93 bits per heavy atom. The van der Waals surface area contributed by atoms with Crippen molar-refractivity contribution in [2.24, 2.45) is 5.92 Å². The third-order valence-electron chi connectivity index (χ3n) is 2.65. The number of H-pyrrole nitrogens is 1. The zero-order chi connectivity index (χ0) is 10.7. The number of hydrogen-bond acceptors (Lipinski definition) is 3. The number of nitrogens with zero attached hydrogens (tertiary/aromatic N) is 1. The molecule has 1 aromatic heterocycles. The normalized spacial score (nSPS) is 17.9. The number of aromatic nitrogens is 2. The second-order valence-corrected chi connectivity index (χ2v) is 5.43. The van der Waals surface area contributed by atoms with Gasteiger partial charge in [-0.1, -0.05) is 11.6 Å². The molecule has 2 heterocycles. The Labute approximate surface area is 97.6 Å². The summed E-state index contributed by atoms with van der Waals surface area (Å²) in [6.45, 7) is 0. The molecule has 0 unspecified atom stereocenters. The highest BCUT2D eigenvalue weighted by Gasteiger charge is 2.15. The van der Waals surface area contributed by atoms with Gasteiger partial charge in [-0.05, 0) is 42.8 Å². The molecule has 0 aliphatic carbocycles. The summed E-state index contributed by atoms with van der Waals surface area (Å²) in [4.78, 5) is 11.0. The molecular formula is C10H13ClN2OS. The monoisotopic (exact) mass is 244 g/mol. The standard InChI is InChI=1S/C10H13ClN2OS/c11-9-6-8(12-13-10(9)14)5-7-1-3-15-4-2-7/h6-7H,1-5H2,(H,13,14). The SMILES string of the molecule is O=c1[nH]nc(CC2CCSCC2)cc1Cl. The highest BCUT2D eigenvalue weighted by Crippen LogP contribution is 2.25. The topological polar surface area (TPSA) is 45.8 Å². The second-order valence-electron chi connectivity index (χ2n) is 3.80. The van der Waals surface area contributed by atoms with Crippen LogP contribution in [0.15, 0.2) is 10.9 Å². The molecule has 1 aliphatic heterocycles. The molecule has 1 fully saturated rings. The van der Waals surface area contributed by atoms with Crippen molar-refractivity contribution in [2.75, 3.05) is 11.5 Å². The summed E-state index contributed by atoms with van der Waals surface area (Å²) in [7, 11) is 0. The number of halogens is 1. The van der Waals surface area contributed by atoms with Gasteiger partial charge in [0.05, 0.1) is 5.69 Å². The molecule has 1 aromatic rings. The predicted octanol–water partition coefficient (Wildman–Crippen LogP) is 2.11. The summed E-state index contributed by atoms with van der Waals surface area (Å²) in [5, 5.41) is 6.66. The fourth-order valence-corrected chi connectivity index (χ4v) is 3.14. The Kier molecular flexibility index (Phi) is 3.70. The molecule has 2 rings (SSSR count). The minimum Gasteiger partial charge on any atom is -0.266 e. The lowest BCUT2D eigenvalue weighted by atomic mass is 9.97. The maximum Gasteiger partial charge on any atom is 0.282 e. The van der Waals surface area contributed by atoms with E-state index in [-0.39, 0.29) is 10.6 Å². The van der Waals surface area contributed by atoms with Gasteiger partial charge in [0.25, 0.3) is 5.56 Å². The van der Waals surface area contributed by atoms with Crippen LogP contribution in [0.3, 0.4) is 0 Å². The number of hydrogen-bond donors (Lipinski definition) is 1. The second kappa shape index (κ2) is 5.03. The molecule has 1 aliphatic rings. The van der Waals surface area contributed by atoms with Crippen molar-refractivity contribution in [3.63, 3.8) is 0 Å². The molecule has 0 radical (unpaired) electrons. The molecule has 0 bridgehead atoms. The summed E-state index contributed by atoms with van der Waals surface area (Å²) >= 11 is 7.75. The van der Waals surface area contributed by atoms with Gasteiger partial charge in [-0.3, -0.25) is 4.79 Å². The van der Waals surface area contributed by atoms with Gasteiger partial charge >= 0.3 is 0 Å². The maximum absolute atomic E-state index is 11.0. The van der Waals surface area contributed by atoms with Gasteiger partial charge in [-0.2, -0.15) is 16.9 Å². The van der Waals surface area contributed by atoms with Crippen molar-refractivity contribution >= 4 is 23.4 Å². The molecule has 0 saturated carbocycles. The number of rotatable bonds is 2. The molecule has 15 heavy (non-hydrogen) atoms. The van der Waals surface area contributed by atoms with E-state index in [1.165, 1.54) is 24.3 Å². The Balaban J connectivity index is 2.03. The van der Waals surface area contributed by atoms with Crippen molar-refractivity contribution in [1.29, 1.82) is 0 Å². The van der Waals surface area contributed by atoms with Crippen LogP contribution in [-0.4, -0.2) is 21.7 Å². The van der Waals surface area contributed by atoms with Gasteiger partial charge in [0.15, 0.2) is 0 Å². The predicted molar refractivity (Wildman–Crippen MR) is 63.6 cm³/mol. The maximum atomic E-state index is 11.0. The van der Waals surface area contributed by atoms with Crippen LogP contribution < -0.4 is 5.56 Å². The molecule has 0 spiro atoms. The van der Waals surface area contributed by atoms with Gasteiger partial charge in [-0.25, -0.2) is 5.10 Å². The molecule has 3 nitrogen and oxygen atoms in total. The lowest BCUT2D eigenvalue weighted by Gasteiger charge is -2.20. The molecule has 0 aromatic carbocycles. The van der Waals surface area contributed by atoms with E-state index in [1.54, 1.807) is 6.07 Å². The first-order valence-electron chi connectivity index (χ1n) is 5.07. The zero-order valence-corrected chi connectivity index (χ0v) is 9.90. The smallest absolute Gasteiger partial charge is 0.266 e. The fourth-order valence-electron chi connectivity index (χ4n) is 1.77. The highest BCUT2D eigenvalue weighted by molar-refractivity contribution is 7.99. The first-order chi connectivity index (χ1) is 7.25. The Bertz CT molecular complexity index is 387. The van der Waals surface area contributed by atoms with Crippen molar-refractivity contribution in [3.05, 3.63) is 27.1 Å². The largest absolute Gasteiger partial charge is 0.282 e. The van der Waals surface area contributed by atoms with E-state index in [0.29, 0.717) is 5.92 Å². The summed E-state index contributed by atoms with van der Waals surface area (Å²) in [6, 6.07) is 1.68. The van der Waals surface area contributed by atoms with Crippen molar-refractivity contribution in [3.8, 4) is 0 Å². The van der Waals surface area contributed by atoms with E-state index < -0.39 is 0 Å². The quantitative estimate of drug-likeness (QED) is 0.867. The van der Waals surface area contributed by atoms with Crippen LogP contribution in [0.2, 0.25) is 5.02 Å². The number of thioether (sulfide) groups is 1. The fraction of sp³-hybridized carbons (Fsp3) is 0.600. The van der Waals surface area contributed by atoms with Gasteiger partial charge in [-0.15, -0.1) is 0 Å². The molecule has 0 amide bonds. The molecule has 0 atom stereocenters. The van der Waals surface area contributed by atoms with E-state index in [0.717, 1.165) is 12.1 Å². The lowest BCUT2D eigenvalue weighted by Crippen LogP contribution is -2.16. The number of nitrogens with one attached hydrogen (secondary N) is 1. The Hall–Kier alpha value is -0.480. The molecule has 1 saturated heterocycles. The van der Waals surface area contributed by atoms with E-state index in [9.17, 15) is 4.79 Å². The average molecular weight is 245 g/mol. The lowest BCUT2D eigenvalue weighted by molar-refractivity contribution is 0.480. The first kappa shape index (κ1) is 11.0. The minimum atomic E-state index is -0.306. The average Bonchev–Trinajstić information content (AvgIpc) is 2.25. The number of aromatic amines is 1. The Morgan fingerprint density at radius 2 is 2.27 bits per heavy atom.